The average Bonchev–Trinajstić information content (AvgIpc) is 3.22. The first kappa shape index (κ1) is 53.4. The maximum atomic E-state index is 12.8. The van der Waals surface area contributed by atoms with Gasteiger partial charge in [0.2, 0.25) is 0 Å². The summed E-state index contributed by atoms with van der Waals surface area (Å²) in [5.74, 6) is -0.361. The maximum Gasteiger partial charge on any atom is 0.306 e. The second kappa shape index (κ2) is 39.8. The smallest absolute Gasteiger partial charge is 0.306 e. The molecule has 332 valence electrons. The lowest BCUT2D eigenvalue weighted by molar-refractivity contribution is -0.305. The molecule has 1 heterocycles. The van der Waals surface area contributed by atoms with Crippen LogP contribution in [0.3, 0.4) is 0 Å². The second-order valence-corrected chi connectivity index (χ2v) is 15.1. The topological polar surface area (TPSA) is 135 Å². The van der Waals surface area contributed by atoms with Crippen LogP contribution >= 0.6 is 0 Å². The van der Waals surface area contributed by atoms with Crippen molar-refractivity contribution in [3.05, 3.63) is 85.1 Å². The molecule has 0 saturated carbocycles. The number of esters is 1. The predicted octanol–water partition coefficient (Wildman–Crippen LogP) is 10.2. The van der Waals surface area contributed by atoms with E-state index in [2.05, 4.69) is 98.9 Å². The first-order valence-electron chi connectivity index (χ1n) is 22.7. The van der Waals surface area contributed by atoms with Crippen molar-refractivity contribution in [1.29, 1.82) is 0 Å². The Morgan fingerprint density at radius 2 is 1.05 bits per heavy atom. The molecule has 1 saturated heterocycles. The molecule has 9 nitrogen and oxygen atoms in total. The van der Waals surface area contributed by atoms with E-state index in [0.717, 1.165) is 77.0 Å². The molecule has 6 atom stereocenters. The minimum absolute atomic E-state index is 0.116. The molecule has 4 N–H and O–H groups in total. The SMILES string of the molecule is CC/C=C\C/C=C\C/C=C\C/C=C\CCCCC(=O)OC(COCCCCCCCCC/C=C\C/C=C\C/C=C\CCCCC)COC1OC(CO)C(O)C(O)C1O. The highest BCUT2D eigenvalue weighted by molar-refractivity contribution is 5.69. The fourth-order valence-corrected chi connectivity index (χ4v) is 6.25. The van der Waals surface area contributed by atoms with Gasteiger partial charge in [-0.25, -0.2) is 0 Å². The second-order valence-electron chi connectivity index (χ2n) is 15.1. The number of hydrogen-bond donors (Lipinski definition) is 4. The van der Waals surface area contributed by atoms with Gasteiger partial charge in [-0.05, 0) is 89.9 Å². The molecule has 1 rings (SSSR count). The van der Waals surface area contributed by atoms with Gasteiger partial charge < -0.3 is 39.4 Å². The number of aliphatic hydroxyl groups excluding tert-OH is 4. The summed E-state index contributed by atoms with van der Waals surface area (Å²) in [7, 11) is 0. The van der Waals surface area contributed by atoms with E-state index in [1.165, 1.54) is 51.4 Å². The number of rotatable bonds is 37. The van der Waals surface area contributed by atoms with Gasteiger partial charge in [0.15, 0.2) is 6.29 Å². The largest absolute Gasteiger partial charge is 0.457 e. The van der Waals surface area contributed by atoms with Crippen LogP contribution in [0.25, 0.3) is 0 Å². The summed E-state index contributed by atoms with van der Waals surface area (Å²) < 4.78 is 22.8. The normalized spacial score (nSPS) is 21.1. The number of hydrogen-bond acceptors (Lipinski definition) is 9. The highest BCUT2D eigenvalue weighted by atomic mass is 16.7. The van der Waals surface area contributed by atoms with Gasteiger partial charge in [0, 0.05) is 13.0 Å². The monoisotopic (exact) mass is 815 g/mol. The molecule has 0 spiro atoms. The molecule has 0 aromatic rings. The third kappa shape index (κ3) is 30.4. The lowest BCUT2D eigenvalue weighted by Crippen LogP contribution is -2.59. The lowest BCUT2D eigenvalue weighted by Gasteiger charge is -2.39. The third-order valence-corrected chi connectivity index (χ3v) is 9.80. The van der Waals surface area contributed by atoms with Crippen LogP contribution in [0, 0.1) is 0 Å². The summed E-state index contributed by atoms with van der Waals surface area (Å²) in [5, 5.41) is 40.1. The van der Waals surface area contributed by atoms with Gasteiger partial charge in [-0.2, -0.15) is 0 Å². The molecule has 6 unspecified atom stereocenters. The Kier molecular flexibility index (Phi) is 36.6. The van der Waals surface area contributed by atoms with Gasteiger partial charge in [0.25, 0.3) is 0 Å². The summed E-state index contributed by atoms with van der Waals surface area (Å²) in [6.07, 6.45) is 46.1. The summed E-state index contributed by atoms with van der Waals surface area (Å²) in [6, 6.07) is 0. The highest BCUT2D eigenvalue weighted by Gasteiger charge is 2.44. The summed E-state index contributed by atoms with van der Waals surface area (Å²) in [4.78, 5) is 12.8. The van der Waals surface area contributed by atoms with Gasteiger partial charge in [-0.3, -0.25) is 4.79 Å². The van der Waals surface area contributed by atoms with Crippen molar-refractivity contribution in [2.75, 3.05) is 26.4 Å². The van der Waals surface area contributed by atoms with Crippen molar-refractivity contribution in [2.24, 2.45) is 0 Å². The van der Waals surface area contributed by atoms with E-state index in [9.17, 15) is 25.2 Å². The minimum Gasteiger partial charge on any atom is -0.457 e. The number of carbonyl (C=O) groups is 1. The van der Waals surface area contributed by atoms with Crippen molar-refractivity contribution < 1.29 is 44.2 Å². The molecule has 1 aliphatic heterocycles. The van der Waals surface area contributed by atoms with Gasteiger partial charge in [0.05, 0.1) is 19.8 Å². The standard InChI is InChI=1S/C49H82O9/c1-3-5-7-9-11-13-15-17-19-20-21-22-23-25-27-29-31-33-35-37-39-55-41-43(42-56-49-48(54)47(53)46(52)44(40-50)58-49)57-45(51)38-36-34-32-30-28-26-24-18-16-14-12-10-8-6-4-2/h6,8,11-14,17-19,21-22,24,28,30,43-44,46-50,52-54H,3-5,7,9-10,15-16,20,23,25-27,29,31-42H2,1-2H3/b8-6-,13-11-,14-12-,19-17-,22-21-,24-18-,30-28-. The van der Waals surface area contributed by atoms with E-state index < -0.39 is 43.4 Å². The number of ether oxygens (including phenoxy) is 4. The molecule has 0 aromatic carbocycles. The van der Waals surface area contributed by atoms with E-state index in [4.69, 9.17) is 18.9 Å². The number of carbonyl (C=O) groups excluding carboxylic acids is 1. The van der Waals surface area contributed by atoms with Gasteiger partial charge in [-0.15, -0.1) is 0 Å². The molecule has 9 heteroatoms. The maximum absolute atomic E-state index is 12.8. The van der Waals surface area contributed by atoms with Crippen LogP contribution in [0.4, 0.5) is 0 Å². The van der Waals surface area contributed by atoms with Gasteiger partial charge >= 0.3 is 5.97 Å². The Labute approximate surface area is 352 Å². The Morgan fingerprint density at radius 3 is 1.59 bits per heavy atom. The molecule has 0 amide bonds. The van der Waals surface area contributed by atoms with Crippen LogP contribution in [-0.4, -0.2) is 89.6 Å². The first-order chi connectivity index (χ1) is 28.4. The summed E-state index contributed by atoms with van der Waals surface area (Å²) in [5.41, 5.74) is 0. The van der Waals surface area contributed by atoms with Crippen LogP contribution < -0.4 is 0 Å². The third-order valence-electron chi connectivity index (χ3n) is 9.80. The van der Waals surface area contributed by atoms with E-state index in [0.29, 0.717) is 13.0 Å². The molecule has 0 aliphatic carbocycles. The van der Waals surface area contributed by atoms with E-state index >= 15 is 0 Å². The average molecular weight is 815 g/mol. The number of allylic oxidation sites excluding steroid dienone is 14. The van der Waals surface area contributed by atoms with Gasteiger partial charge in [0.1, 0.15) is 30.5 Å². The Morgan fingerprint density at radius 1 is 0.569 bits per heavy atom. The van der Waals surface area contributed by atoms with Crippen LogP contribution in [0.15, 0.2) is 85.1 Å². The Balaban J connectivity index is 2.30. The van der Waals surface area contributed by atoms with Crippen LogP contribution in [-0.2, 0) is 23.7 Å². The number of aliphatic hydroxyl groups is 4. The van der Waals surface area contributed by atoms with Crippen LogP contribution in [0.1, 0.15) is 155 Å². The van der Waals surface area contributed by atoms with Crippen molar-refractivity contribution in [2.45, 2.75) is 192 Å². The molecule has 0 radical (unpaired) electrons. The number of unbranched alkanes of at least 4 members (excludes halogenated alkanes) is 12. The van der Waals surface area contributed by atoms with Crippen molar-refractivity contribution in [3.63, 3.8) is 0 Å². The van der Waals surface area contributed by atoms with Crippen LogP contribution in [0.2, 0.25) is 0 Å². The van der Waals surface area contributed by atoms with Crippen LogP contribution in [0.5, 0.6) is 0 Å². The molecular formula is C49H82O9. The molecule has 58 heavy (non-hydrogen) atoms. The Bertz CT molecular complexity index is 1150. The van der Waals surface area contributed by atoms with E-state index in [-0.39, 0.29) is 25.6 Å². The quantitative estimate of drug-likeness (QED) is 0.0275. The van der Waals surface area contributed by atoms with E-state index in [1.54, 1.807) is 0 Å². The zero-order valence-corrected chi connectivity index (χ0v) is 36.3. The fourth-order valence-electron chi connectivity index (χ4n) is 6.25. The molecule has 1 fully saturated rings. The van der Waals surface area contributed by atoms with E-state index in [1.807, 2.05) is 0 Å². The fraction of sp³-hybridized carbons (Fsp3) is 0.694. The van der Waals surface area contributed by atoms with Crippen molar-refractivity contribution in [1.82, 2.24) is 0 Å². The highest BCUT2D eigenvalue weighted by Crippen LogP contribution is 2.22. The first-order valence-corrected chi connectivity index (χ1v) is 22.7. The molecule has 0 bridgehead atoms. The lowest BCUT2D eigenvalue weighted by atomic mass is 9.99. The minimum atomic E-state index is -1.55. The summed E-state index contributed by atoms with van der Waals surface area (Å²) >= 11 is 0. The van der Waals surface area contributed by atoms with Gasteiger partial charge in [-0.1, -0.05) is 144 Å². The van der Waals surface area contributed by atoms with Crippen molar-refractivity contribution >= 4 is 5.97 Å². The zero-order valence-electron chi connectivity index (χ0n) is 36.3. The summed E-state index contributed by atoms with van der Waals surface area (Å²) in [6.45, 7) is 4.32. The van der Waals surface area contributed by atoms with Crippen molar-refractivity contribution in [3.8, 4) is 0 Å². The molecule has 1 aliphatic rings. The molecular weight excluding hydrogens is 733 g/mol. The molecule has 0 aromatic heterocycles. The Hall–Kier alpha value is -2.63. The zero-order chi connectivity index (χ0) is 42.2. The predicted molar refractivity (Wildman–Crippen MR) is 237 cm³/mol.